The highest BCUT2D eigenvalue weighted by molar-refractivity contribution is 5.93. The van der Waals surface area contributed by atoms with Crippen LogP contribution in [0.5, 0.6) is 0 Å². The van der Waals surface area contributed by atoms with E-state index in [1.807, 2.05) is 30.3 Å². The van der Waals surface area contributed by atoms with Crippen molar-refractivity contribution in [2.24, 2.45) is 0 Å². The first kappa shape index (κ1) is 12.9. The summed E-state index contributed by atoms with van der Waals surface area (Å²) in [5.41, 5.74) is 0.775. The smallest absolute Gasteiger partial charge is 0.159 e. The van der Waals surface area contributed by atoms with Crippen LogP contribution in [0.15, 0.2) is 30.3 Å². The minimum atomic E-state index is 0.121. The molecule has 1 fully saturated rings. The molecular formula is C13H19NO2. The van der Waals surface area contributed by atoms with E-state index in [1.54, 1.807) is 6.92 Å². The molecule has 1 aromatic rings. The molecule has 0 spiro atoms. The second kappa shape index (κ2) is 7.14. The maximum absolute atomic E-state index is 10.6. The van der Waals surface area contributed by atoms with Crippen LogP contribution in [-0.4, -0.2) is 44.0 Å². The Kier molecular flexibility index (Phi) is 5.75. The number of carbonyl (C=O) groups is 1. The Balaban J connectivity index is 0.000000165. The molecule has 2 rings (SSSR count). The lowest BCUT2D eigenvalue weighted by atomic mass is 10.2. The quantitative estimate of drug-likeness (QED) is 0.678. The second-order valence-corrected chi connectivity index (χ2v) is 3.84. The predicted octanol–water partition coefficient (Wildman–Crippen LogP) is 1.84. The van der Waals surface area contributed by atoms with E-state index in [-0.39, 0.29) is 5.78 Å². The van der Waals surface area contributed by atoms with Crippen LogP contribution in [-0.2, 0) is 4.74 Å². The number of ether oxygens (including phenoxy) is 1. The maximum Gasteiger partial charge on any atom is 0.159 e. The normalized spacial score (nSPS) is 16.1. The zero-order valence-corrected chi connectivity index (χ0v) is 9.98. The van der Waals surface area contributed by atoms with Crippen molar-refractivity contribution in [1.29, 1.82) is 0 Å². The molecule has 3 heteroatoms. The van der Waals surface area contributed by atoms with Gasteiger partial charge in [0.1, 0.15) is 0 Å². The van der Waals surface area contributed by atoms with Crippen LogP contribution >= 0.6 is 0 Å². The molecule has 1 aromatic carbocycles. The highest BCUT2D eigenvalue weighted by atomic mass is 16.5. The number of nitrogens with zero attached hydrogens (tertiary/aromatic N) is 1. The van der Waals surface area contributed by atoms with Crippen molar-refractivity contribution in [2.75, 3.05) is 33.4 Å². The first-order valence-corrected chi connectivity index (χ1v) is 5.52. The lowest BCUT2D eigenvalue weighted by molar-refractivity contribution is 0.0503. The molecule has 1 aliphatic heterocycles. The van der Waals surface area contributed by atoms with Gasteiger partial charge in [-0.2, -0.15) is 0 Å². The molecule has 0 aromatic heterocycles. The highest BCUT2D eigenvalue weighted by Gasteiger charge is 2.02. The predicted molar refractivity (Wildman–Crippen MR) is 64.8 cm³/mol. The molecule has 1 aliphatic rings. The summed E-state index contributed by atoms with van der Waals surface area (Å²) < 4.78 is 5.10. The van der Waals surface area contributed by atoms with E-state index >= 15 is 0 Å². The number of benzene rings is 1. The summed E-state index contributed by atoms with van der Waals surface area (Å²) in [6, 6.07) is 9.23. The molecule has 1 heterocycles. The van der Waals surface area contributed by atoms with Crippen molar-refractivity contribution >= 4 is 5.78 Å². The first-order valence-electron chi connectivity index (χ1n) is 5.52. The Morgan fingerprint density at radius 1 is 1.19 bits per heavy atom. The fourth-order valence-electron chi connectivity index (χ4n) is 1.33. The van der Waals surface area contributed by atoms with Crippen molar-refractivity contribution in [3.63, 3.8) is 0 Å². The average molecular weight is 221 g/mol. The Morgan fingerprint density at radius 2 is 1.75 bits per heavy atom. The number of hydrogen-bond acceptors (Lipinski definition) is 3. The molecule has 0 bridgehead atoms. The van der Waals surface area contributed by atoms with E-state index in [2.05, 4.69) is 11.9 Å². The minimum absolute atomic E-state index is 0.121. The minimum Gasteiger partial charge on any atom is -0.379 e. The van der Waals surface area contributed by atoms with Gasteiger partial charge in [0.25, 0.3) is 0 Å². The van der Waals surface area contributed by atoms with Crippen molar-refractivity contribution < 1.29 is 9.53 Å². The zero-order chi connectivity index (χ0) is 11.8. The molecule has 0 amide bonds. The van der Waals surface area contributed by atoms with E-state index in [1.165, 1.54) is 0 Å². The fraction of sp³-hybridized carbons (Fsp3) is 0.462. The molecular weight excluding hydrogens is 202 g/mol. The summed E-state index contributed by atoms with van der Waals surface area (Å²) in [4.78, 5) is 12.9. The van der Waals surface area contributed by atoms with Crippen molar-refractivity contribution in [3.8, 4) is 0 Å². The van der Waals surface area contributed by atoms with Crippen LogP contribution in [0.25, 0.3) is 0 Å². The van der Waals surface area contributed by atoms with Crippen molar-refractivity contribution in [1.82, 2.24) is 4.90 Å². The molecule has 0 atom stereocenters. The van der Waals surface area contributed by atoms with Crippen LogP contribution in [0.1, 0.15) is 17.3 Å². The van der Waals surface area contributed by atoms with Crippen LogP contribution < -0.4 is 0 Å². The van der Waals surface area contributed by atoms with Gasteiger partial charge in [-0.05, 0) is 14.0 Å². The Bertz CT molecular complexity index is 305. The molecule has 0 aliphatic carbocycles. The summed E-state index contributed by atoms with van der Waals surface area (Å²) in [5.74, 6) is 0.121. The molecule has 0 saturated carbocycles. The summed E-state index contributed by atoms with van der Waals surface area (Å²) in [6.07, 6.45) is 0. The summed E-state index contributed by atoms with van der Waals surface area (Å²) >= 11 is 0. The number of Topliss-reactive ketones (excluding diaryl/α,β-unsaturated/α-hetero) is 1. The third-order valence-corrected chi connectivity index (χ3v) is 2.42. The van der Waals surface area contributed by atoms with E-state index in [9.17, 15) is 4.79 Å². The van der Waals surface area contributed by atoms with Gasteiger partial charge in [0.15, 0.2) is 5.78 Å². The largest absolute Gasteiger partial charge is 0.379 e. The highest BCUT2D eigenvalue weighted by Crippen LogP contribution is 1.97. The van der Waals surface area contributed by atoms with Crippen LogP contribution in [0, 0.1) is 0 Å². The number of ketones is 1. The average Bonchev–Trinajstić information content (AvgIpc) is 2.32. The molecule has 3 nitrogen and oxygen atoms in total. The monoisotopic (exact) mass is 221 g/mol. The third kappa shape index (κ3) is 5.05. The number of carbonyl (C=O) groups excluding carboxylic acids is 1. The Morgan fingerprint density at radius 3 is 2.06 bits per heavy atom. The Labute approximate surface area is 97.0 Å². The summed E-state index contributed by atoms with van der Waals surface area (Å²) in [6.45, 7) is 5.59. The summed E-state index contributed by atoms with van der Waals surface area (Å²) in [7, 11) is 2.11. The molecule has 0 radical (unpaired) electrons. The lowest BCUT2D eigenvalue weighted by Crippen LogP contribution is -2.32. The number of rotatable bonds is 1. The van der Waals surface area contributed by atoms with Crippen molar-refractivity contribution in [2.45, 2.75) is 6.92 Å². The summed E-state index contributed by atoms with van der Waals surface area (Å²) in [5, 5.41) is 0. The van der Waals surface area contributed by atoms with Crippen LogP contribution in [0.4, 0.5) is 0 Å². The first-order chi connectivity index (χ1) is 7.70. The van der Waals surface area contributed by atoms with Crippen molar-refractivity contribution in [3.05, 3.63) is 35.9 Å². The molecule has 1 saturated heterocycles. The number of morpholine rings is 1. The number of likely N-dealkylation sites (N-methyl/N-ethyl adjacent to an activating group) is 1. The topological polar surface area (TPSA) is 29.5 Å². The zero-order valence-electron chi connectivity index (χ0n) is 9.98. The Hall–Kier alpha value is -1.19. The maximum atomic E-state index is 10.6. The second-order valence-electron chi connectivity index (χ2n) is 3.84. The van der Waals surface area contributed by atoms with E-state index in [4.69, 9.17) is 4.74 Å². The molecule has 0 N–H and O–H groups in total. The van der Waals surface area contributed by atoms with Gasteiger partial charge in [-0.1, -0.05) is 30.3 Å². The van der Waals surface area contributed by atoms with Crippen LogP contribution in [0.3, 0.4) is 0 Å². The molecule has 16 heavy (non-hydrogen) atoms. The molecule has 0 unspecified atom stereocenters. The van der Waals surface area contributed by atoms with Gasteiger partial charge in [0.2, 0.25) is 0 Å². The third-order valence-electron chi connectivity index (χ3n) is 2.42. The lowest BCUT2D eigenvalue weighted by Gasteiger charge is -2.21. The fourth-order valence-corrected chi connectivity index (χ4v) is 1.33. The van der Waals surface area contributed by atoms with Gasteiger partial charge in [-0.15, -0.1) is 0 Å². The van der Waals surface area contributed by atoms with Gasteiger partial charge in [-0.25, -0.2) is 0 Å². The van der Waals surface area contributed by atoms with Gasteiger partial charge in [0.05, 0.1) is 13.2 Å². The van der Waals surface area contributed by atoms with Gasteiger partial charge >= 0.3 is 0 Å². The van der Waals surface area contributed by atoms with Crippen LogP contribution in [0.2, 0.25) is 0 Å². The van der Waals surface area contributed by atoms with Gasteiger partial charge in [0, 0.05) is 18.7 Å². The number of hydrogen-bond donors (Lipinski definition) is 0. The van der Waals surface area contributed by atoms with Gasteiger partial charge < -0.3 is 9.64 Å². The van der Waals surface area contributed by atoms with E-state index in [0.29, 0.717) is 0 Å². The standard InChI is InChI=1S/C8H8O.C5H11NO/c1-7(9)8-5-3-2-4-6-8;1-6-2-4-7-5-3-6/h2-6H,1H3;2-5H2,1H3. The SMILES string of the molecule is CC(=O)c1ccccc1.CN1CCOCC1. The van der Waals surface area contributed by atoms with E-state index in [0.717, 1.165) is 31.9 Å². The van der Waals surface area contributed by atoms with E-state index < -0.39 is 0 Å². The van der Waals surface area contributed by atoms with Gasteiger partial charge in [-0.3, -0.25) is 4.79 Å². The molecule has 88 valence electrons.